The van der Waals surface area contributed by atoms with Crippen molar-refractivity contribution < 1.29 is 10.2 Å². The van der Waals surface area contributed by atoms with Crippen LogP contribution in [0, 0.1) is 0 Å². The van der Waals surface area contributed by atoms with Crippen molar-refractivity contribution in [1.29, 1.82) is 0 Å². The highest BCUT2D eigenvalue weighted by atomic mass is 35.5. The fourth-order valence-corrected chi connectivity index (χ4v) is 3.34. The van der Waals surface area contributed by atoms with Gasteiger partial charge in [-0.15, -0.1) is 11.6 Å². The van der Waals surface area contributed by atoms with Gasteiger partial charge in [0.05, 0.1) is 18.6 Å². The number of nitrogens with zero attached hydrogens (tertiary/aromatic N) is 2. The first-order valence-electron chi connectivity index (χ1n) is 6.68. The second-order valence-corrected chi connectivity index (χ2v) is 6.71. The summed E-state index contributed by atoms with van der Waals surface area (Å²) in [6.45, 7) is 9.86. The van der Waals surface area contributed by atoms with Gasteiger partial charge in [-0.2, -0.15) is 0 Å². The Labute approximate surface area is 115 Å². The van der Waals surface area contributed by atoms with Gasteiger partial charge >= 0.3 is 0 Å². The Kier molecular flexibility index (Phi) is 5.44. The van der Waals surface area contributed by atoms with Crippen LogP contribution in [0.15, 0.2) is 0 Å². The first kappa shape index (κ1) is 16.2. The normalized spacial score (nSPS) is 27.7. The molecule has 0 aromatic carbocycles. The third-order valence-corrected chi connectivity index (χ3v) is 4.65. The minimum Gasteiger partial charge on any atom is -0.395 e. The molecule has 4 nitrogen and oxygen atoms in total. The number of hydrogen-bond acceptors (Lipinski definition) is 4. The highest BCUT2D eigenvalue weighted by Gasteiger charge is 2.48. The van der Waals surface area contributed by atoms with Crippen LogP contribution in [0.25, 0.3) is 0 Å². The van der Waals surface area contributed by atoms with Gasteiger partial charge in [0.2, 0.25) is 0 Å². The van der Waals surface area contributed by atoms with E-state index in [9.17, 15) is 10.2 Å². The Morgan fingerprint density at radius 3 is 2.11 bits per heavy atom. The highest BCUT2D eigenvalue weighted by Crippen LogP contribution is 2.41. The van der Waals surface area contributed by atoms with Crippen LogP contribution >= 0.6 is 11.6 Å². The van der Waals surface area contributed by atoms with E-state index in [-0.39, 0.29) is 29.7 Å². The largest absolute Gasteiger partial charge is 0.395 e. The van der Waals surface area contributed by atoms with Crippen LogP contribution in [-0.2, 0) is 0 Å². The number of hydrogen-bond donors (Lipinski definition) is 2. The van der Waals surface area contributed by atoms with E-state index in [1.807, 2.05) is 5.01 Å². The summed E-state index contributed by atoms with van der Waals surface area (Å²) in [6, 6.07) is 0. The molecule has 108 valence electrons. The molecule has 5 heteroatoms. The van der Waals surface area contributed by atoms with E-state index < -0.39 is 0 Å². The summed E-state index contributed by atoms with van der Waals surface area (Å²) in [6.07, 6.45) is 2.00. The van der Waals surface area contributed by atoms with Gasteiger partial charge in [-0.1, -0.05) is 0 Å². The van der Waals surface area contributed by atoms with Crippen LogP contribution in [-0.4, -0.2) is 63.0 Å². The second kappa shape index (κ2) is 6.06. The summed E-state index contributed by atoms with van der Waals surface area (Å²) < 4.78 is 0. The molecule has 0 bridgehead atoms. The fourth-order valence-electron chi connectivity index (χ4n) is 3.14. The van der Waals surface area contributed by atoms with E-state index in [4.69, 9.17) is 11.6 Å². The Morgan fingerprint density at radius 2 is 1.67 bits per heavy atom. The molecule has 0 saturated carbocycles. The lowest BCUT2D eigenvalue weighted by Gasteiger charge is -2.58. The smallest absolute Gasteiger partial charge is 0.0572 e. The van der Waals surface area contributed by atoms with Crippen molar-refractivity contribution in [3.8, 4) is 0 Å². The van der Waals surface area contributed by atoms with E-state index in [0.717, 1.165) is 12.8 Å². The number of piperidine rings is 1. The Bertz CT molecular complexity index is 266. The zero-order valence-electron chi connectivity index (χ0n) is 12.0. The van der Waals surface area contributed by atoms with Gasteiger partial charge < -0.3 is 10.2 Å². The van der Waals surface area contributed by atoms with Crippen molar-refractivity contribution in [2.45, 2.75) is 57.0 Å². The average Bonchev–Trinajstić information content (AvgIpc) is 2.24. The van der Waals surface area contributed by atoms with Crippen LogP contribution in [0.1, 0.15) is 40.5 Å². The molecule has 1 atom stereocenters. The lowest BCUT2D eigenvalue weighted by molar-refractivity contribution is -0.187. The first-order valence-corrected chi connectivity index (χ1v) is 7.12. The Morgan fingerprint density at radius 1 is 1.17 bits per heavy atom. The molecule has 0 aromatic heterocycles. The molecule has 1 heterocycles. The molecule has 2 N–H and O–H groups in total. The third kappa shape index (κ3) is 3.17. The standard InChI is InChI=1S/C13H27ClN2O2/c1-12(2)6-5-11(14)13(3,4)16(12)15(7-9-17)8-10-18/h11,17-18H,5-10H2,1-4H3. The summed E-state index contributed by atoms with van der Waals surface area (Å²) >= 11 is 6.48. The molecule has 18 heavy (non-hydrogen) atoms. The molecule has 1 saturated heterocycles. The van der Waals surface area contributed by atoms with Crippen LogP contribution in [0.2, 0.25) is 0 Å². The van der Waals surface area contributed by atoms with Crippen molar-refractivity contribution in [2.75, 3.05) is 26.3 Å². The van der Waals surface area contributed by atoms with Crippen molar-refractivity contribution in [2.24, 2.45) is 0 Å². The van der Waals surface area contributed by atoms with Crippen LogP contribution < -0.4 is 0 Å². The molecule has 1 aliphatic rings. The van der Waals surface area contributed by atoms with Gasteiger partial charge in [0.15, 0.2) is 0 Å². The van der Waals surface area contributed by atoms with Crippen LogP contribution in [0.5, 0.6) is 0 Å². The quantitative estimate of drug-likeness (QED) is 0.748. The van der Waals surface area contributed by atoms with Gasteiger partial charge in [-0.25, -0.2) is 10.0 Å². The molecule has 0 radical (unpaired) electrons. The summed E-state index contributed by atoms with van der Waals surface area (Å²) in [5.74, 6) is 0. The zero-order chi connectivity index (χ0) is 14.0. The van der Waals surface area contributed by atoms with Gasteiger partial charge in [0.25, 0.3) is 0 Å². The van der Waals surface area contributed by atoms with Crippen molar-refractivity contribution in [3.63, 3.8) is 0 Å². The van der Waals surface area contributed by atoms with E-state index in [1.165, 1.54) is 0 Å². The molecular weight excluding hydrogens is 252 g/mol. The Balaban J connectivity index is 3.02. The van der Waals surface area contributed by atoms with E-state index in [1.54, 1.807) is 0 Å². The summed E-state index contributed by atoms with van der Waals surface area (Å²) in [5, 5.41) is 22.8. The summed E-state index contributed by atoms with van der Waals surface area (Å²) in [5.41, 5.74) is -0.202. The third-order valence-electron chi connectivity index (χ3n) is 3.89. The summed E-state index contributed by atoms with van der Waals surface area (Å²) in [4.78, 5) is 0. The number of rotatable bonds is 5. The maximum atomic E-state index is 9.22. The van der Waals surface area contributed by atoms with E-state index in [0.29, 0.717) is 13.1 Å². The lowest BCUT2D eigenvalue weighted by atomic mass is 9.81. The minimum atomic E-state index is -0.187. The summed E-state index contributed by atoms with van der Waals surface area (Å²) in [7, 11) is 0. The lowest BCUT2D eigenvalue weighted by Crippen LogP contribution is -2.69. The van der Waals surface area contributed by atoms with Crippen molar-refractivity contribution in [3.05, 3.63) is 0 Å². The average molecular weight is 279 g/mol. The molecule has 0 aliphatic carbocycles. The highest BCUT2D eigenvalue weighted by molar-refractivity contribution is 6.21. The van der Waals surface area contributed by atoms with Gasteiger partial charge in [0, 0.05) is 24.2 Å². The molecule has 1 aliphatic heterocycles. The number of hydrazine groups is 1. The monoisotopic (exact) mass is 278 g/mol. The maximum Gasteiger partial charge on any atom is 0.0572 e. The molecule has 1 fully saturated rings. The van der Waals surface area contributed by atoms with Crippen LogP contribution in [0.3, 0.4) is 0 Å². The second-order valence-electron chi connectivity index (χ2n) is 6.18. The van der Waals surface area contributed by atoms with Crippen molar-refractivity contribution in [1.82, 2.24) is 10.0 Å². The van der Waals surface area contributed by atoms with E-state index >= 15 is 0 Å². The van der Waals surface area contributed by atoms with Gasteiger partial charge in [-0.3, -0.25) is 0 Å². The predicted molar refractivity (Wildman–Crippen MR) is 74.6 cm³/mol. The Hall–Kier alpha value is 0.130. The number of aliphatic hydroxyl groups excluding tert-OH is 2. The molecule has 1 rings (SSSR count). The first-order chi connectivity index (χ1) is 8.27. The number of halogens is 1. The number of aliphatic hydroxyl groups is 2. The molecule has 0 aromatic rings. The molecular formula is C13H27ClN2O2. The fraction of sp³-hybridized carbons (Fsp3) is 1.00. The maximum absolute atomic E-state index is 9.22. The van der Waals surface area contributed by atoms with Crippen molar-refractivity contribution >= 4 is 11.6 Å². The minimum absolute atomic E-state index is 0.0147. The zero-order valence-corrected chi connectivity index (χ0v) is 12.7. The van der Waals surface area contributed by atoms with E-state index in [2.05, 4.69) is 32.7 Å². The molecule has 1 unspecified atom stereocenters. The van der Waals surface area contributed by atoms with Crippen LogP contribution in [0.4, 0.5) is 0 Å². The molecule has 0 amide bonds. The molecule has 0 spiro atoms. The van der Waals surface area contributed by atoms with Gasteiger partial charge in [-0.05, 0) is 40.5 Å². The topological polar surface area (TPSA) is 46.9 Å². The SMILES string of the molecule is CC1(C)CCC(Cl)C(C)(C)N1N(CCO)CCO. The predicted octanol–water partition coefficient (Wildman–Crippen LogP) is 1.45. The van der Waals surface area contributed by atoms with Gasteiger partial charge in [0.1, 0.15) is 0 Å². The number of alkyl halides is 1.